The maximum atomic E-state index is 4.00. The Morgan fingerprint density at radius 1 is 0.750 bits per heavy atom. The molecular formula is C2H2Cu2. The predicted molar refractivity (Wildman–Crippen MR) is 9.89 cm³/mol. The van der Waals surface area contributed by atoms with Crippen molar-refractivity contribution in [3.63, 3.8) is 0 Å². The Kier molecular flexibility index (Phi) is 395. The summed E-state index contributed by atoms with van der Waals surface area (Å²) in [4.78, 5) is 0. The minimum Gasteiger partial charge on any atom is -0.124 e. The van der Waals surface area contributed by atoms with E-state index in [2.05, 4.69) is 12.8 Å². The van der Waals surface area contributed by atoms with Crippen LogP contribution < -0.4 is 0 Å². The van der Waals surface area contributed by atoms with Crippen molar-refractivity contribution < 1.29 is 34.1 Å². The monoisotopic (exact) mass is 152 g/mol. The van der Waals surface area contributed by atoms with E-state index in [0.717, 1.165) is 0 Å². The van der Waals surface area contributed by atoms with Gasteiger partial charge in [-0.1, -0.05) is 0 Å². The standard InChI is InChI=1S/C2H2.2Cu/c1-2;;/h1-2H;;. The van der Waals surface area contributed by atoms with E-state index in [4.69, 9.17) is 0 Å². The fourth-order valence-corrected chi connectivity index (χ4v) is 0. The average Bonchev–Trinajstić information content (AvgIpc) is 1.00. The van der Waals surface area contributed by atoms with Gasteiger partial charge in [0.25, 0.3) is 0 Å². The van der Waals surface area contributed by atoms with Gasteiger partial charge in [0.05, 0.1) is 0 Å². The van der Waals surface area contributed by atoms with Crippen molar-refractivity contribution in [1.82, 2.24) is 0 Å². The van der Waals surface area contributed by atoms with Crippen LogP contribution in [0.25, 0.3) is 0 Å². The van der Waals surface area contributed by atoms with Gasteiger partial charge in [0.2, 0.25) is 0 Å². The Labute approximate surface area is 47.3 Å². The molecule has 0 bridgehead atoms. The SMILES string of the molecule is C#C.[Cu].[Cu]. The summed E-state index contributed by atoms with van der Waals surface area (Å²) in [5, 5.41) is 0. The molecule has 0 fully saturated rings. The fourth-order valence-electron chi connectivity index (χ4n) is 0. The van der Waals surface area contributed by atoms with Gasteiger partial charge in [-0.3, -0.25) is 0 Å². The van der Waals surface area contributed by atoms with E-state index in [1.807, 2.05) is 0 Å². The molecule has 0 rings (SSSR count). The van der Waals surface area contributed by atoms with E-state index in [0.29, 0.717) is 0 Å². The van der Waals surface area contributed by atoms with Crippen molar-refractivity contribution in [2.75, 3.05) is 0 Å². The van der Waals surface area contributed by atoms with Gasteiger partial charge in [-0.2, -0.15) is 0 Å². The zero-order valence-corrected chi connectivity index (χ0v) is 3.64. The van der Waals surface area contributed by atoms with Gasteiger partial charge >= 0.3 is 0 Å². The van der Waals surface area contributed by atoms with Crippen molar-refractivity contribution >= 4 is 0 Å². The second kappa shape index (κ2) is 67.8. The van der Waals surface area contributed by atoms with Crippen LogP contribution >= 0.6 is 0 Å². The van der Waals surface area contributed by atoms with Gasteiger partial charge in [-0.05, 0) is 0 Å². The molecule has 0 aliphatic heterocycles. The Morgan fingerprint density at radius 2 is 0.750 bits per heavy atom. The average molecular weight is 153 g/mol. The zero-order chi connectivity index (χ0) is 2.00. The summed E-state index contributed by atoms with van der Waals surface area (Å²) in [5.41, 5.74) is 0. The van der Waals surface area contributed by atoms with Gasteiger partial charge in [-0.25, -0.2) is 0 Å². The maximum Gasteiger partial charge on any atom is 0 e. The van der Waals surface area contributed by atoms with Crippen LogP contribution in [0.4, 0.5) is 0 Å². The zero-order valence-electron chi connectivity index (χ0n) is 1.76. The van der Waals surface area contributed by atoms with Gasteiger partial charge in [-0.15, -0.1) is 12.8 Å². The van der Waals surface area contributed by atoms with Crippen molar-refractivity contribution in [3.05, 3.63) is 0 Å². The Balaban J connectivity index is -0.00000000500. The largest absolute Gasteiger partial charge is 0.124 e. The van der Waals surface area contributed by atoms with Crippen molar-refractivity contribution in [2.24, 2.45) is 0 Å². The number of terminal acetylenes is 1. The normalized spacial score (nSPS) is 0.500. The molecule has 0 heterocycles. The van der Waals surface area contributed by atoms with Gasteiger partial charge in [0.15, 0.2) is 0 Å². The summed E-state index contributed by atoms with van der Waals surface area (Å²) < 4.78 is 0. The summed E-state index contributed by atoms with van der Waals surface area (Å²) in [7, 11) is 0. The first-order valence-corrected chi connectivity index (χ1v) is 0.333. The molecule has 2 heteroatoms. The topological polar surface area (TPSA) is 0 Å². The molecule has 0 aromatic heterocycles. The van der Waals surface area contributed by atoms with Crippen LogP contribution in [0.5, 0.6) is 0 Å². The molecule has 0 amide bonds. The molecule has 0 atom stereocenters. The second-order valence-corrected chi connectivity index (χ2v) is 0. The van der Waals surface area contributed by atoms with Crippen LogP contribution in [0.15, 0.2) is 0 Å². The summed E-state index contributed by atoms with van der Waals surface area (Å²) in [6, 6.07) is 0. The third-order valence-electron chi connectivity index (χ3n) is 0. The van der Waals surface area contributed by atoms with E-state index in [9.17, 15) is 0 Å². The predicted octanol–water partition coefficient (Wildman–Crippen LogP) is 0.244. The minimum absolute atomic E-state index is 0. The first-order chi connectivity index (χ1) is 1.00. The first-order valence-electron chi connectivity index (χ1n) is 0.333. The fraction of sp³-hybridized carbons (Fsp3) is 0. The maximum absolute atomic E-state index is 4.00. The van der Waals surface area contributed by atoms with Crippen LogP contribution in [0.1, 0.15) is 0 Å². The van der Waals surface area contributed by atoms with Crippen LogP contribution in [-0.2, 0) is 34.1 Å². The van der Waals surface area contributed by atoms with Crippen LogP contribution in [0.3, 0.4) is 0 Å². The molecule has 0 aliphatic rings. The third kappa shape index (κ3) is 18.5. The molecule has 0 aliphatic carbocycles. The van der Waals surface area contributed by atoms with Crippen molar-refractivity contribution in [1.29, 1.82) is 0 Å². The summed E-state index contributed by atoms with van der Waals surface area (Å²) in [5.74, 6) is 0. The van der Waals surface area contributed by atoms with E-state index < -0.39 is 0 Å². The molecule has 4 heavy (non-hydrogen) atoms. The molecule has 32 valence electrons. The van der Waals surface area contributed by atoms with Crippen LogP contribution in [0.2, 0.25) is 0 Å². The number of hydrogen-bond acceptors (Lipinski definition) is 0. The van der Waals surface area contributed by atoms with E-state index in [1.165, 1.54) is 0 Å². The van der Waals surface area contributed by atoms with Crippen LogP contribution in [0, 0.1) is 12.8 Å². The van der Waals surface area contributed by atoms with E-state index in [-0.39, 0.29) is 34.1 Å². The molecule has 0 unspecified atom stereocenters. The molecule has 2 radical (unpaired) electrons. The molecule has 0 spiro atoms. The Hall–Kier alpha value is 0.599. The van der Waals surface area contributed by atoms with Gasteiger partial charge < -0.3 is 0 Å². The quantitative estimate of drug-likeness (QED) is 0.345. The minimum atomic E-state index is 0. The second-order valence-electron chi connectivity index (χ2n) is 0. The number of hydrogen-bond donors (Lipinski definition) is 0. The Bertz CT molecular complexity index is 8.75. The molecular weight excluding hydrogens is 151 g/mol. The molecule has 0 aromatic rings. The smallest absolute Gasteiger partial charge is 0 e. The third-order valence-corrected chi connectivity index (χ3v) is 0. The van der Waals surface area contributed by atoms with Gasteiger partial charge in [0, 0.05) is 34.1 Å². The van der Waals surface area contributed by atoms with Crippen molar-refractivity contribution in [3.8, 4) is 12.8 Å². The molecule has 0 aromatic carbocycles. The molecule has 0 saturated heterocycles. The van der Waals surface area contributed by atoms with Crippen LogP contribution in [-0.4, -0.2) is 0 Å². The van der Waals surface area contributed by atoms with Crippen molar-refractivity contribution in [2.45, 2.75) is 0 Å². The molecule has 0 nitrogen and oxygen atoms in total. The van der Waals surface area contributed by atoms with Gasteiger partial charge in [0.1, 0.15) is 0 Å². The molecule has 0 N–H and O–H groups in total. The summed E-state index contributed by atoms with van der Waals surface area (Å²) in [6.45, 7) is 0. The van der Waals surface area contributed by atoms with E-state index in [1.54, 1.807) is 0 Å². The number of rotatable bonds is 0. The summed E-state index contributed by atoms with van der Waals surface area (Å²) in [6.07, 6.45) is 8.00. The van der Waals surface area contributed by atoms with E-state index >= 15 is 0 Å². The molecule has 0 saturated carbocycles. The first kappa shape index (κ1) is 23.3. The summed E-state index contributed by atoms with van der Waals surface area (Å²) >= 11 is 0. The Morgan fingerprint density at radius 3 is 0.750 bits per heavy atom.